The van der Waals surface area contributed by atoms with Gasteiger partial charge >= 0.3 is 0 Å². The standard InChI is InChI=1S/C10H7NOS2/c1-12-8-4-7-10(14-5-11-7)9-6(8)2-3-13-9/h2-5H,1H3. The molecule has 0 atom stereocenters. The first-order valence-corrected chi connectivity index (χ1v) is 5.93. The maximum atomic E-state index is 5.33. The molecule has 0 fully saturated rings. The molecule has 0 unspecified atom stereocenters. The summed E-state index contributed by atoms with van der Waals surface area (Å²) in [5.41, 5.74) is 2.91. The number of nitrogens with zero attached hydrogens (tertiary/aromatic N) is 1. The van der Waals surface area contributed by atoms with Gasteiger partial charge in [0.1, 0.15) is 5.75 Å². The molecule has 2 nitrogen and oxygen atoms in total. The minimum atomic E-state index is 0.916. The number of thiazole rings is 1. The third kappa shape index (κ3) is 0.980. The van der Waals surface area contributed by atoms with Gasteiger partial charge in [-0.3, -0.25) is 0 Å². The molecule has 3 aromatic rings. The Balaban J connectivity index is 2.59. The third-order valence-electron chi connectivity index (χ3n) is 2.22. The van der Waals surface area contributed by atoms with Crippen molar-refractivity contribution < 1.29 is 4.74 Å². The number of rotatable bonds is 1. The summed E-state index contributed by atoms with van der Waals surface area (Å²) in [7, 11) is 1.70. The summed E-state index contributed by atoms with van der Waals surface area (Å²) in [6.07, 6.45) is 0. The van der Waals surface area contributed by atoms with E-state index in [-0.39, 0.29) is 0 Å². The van der Waals surface area contributed by atoms with E-state index in [2.05, 4.69) is 16.4 Å². The van der Waals surface area contributed by atoms with Crippen LogP contribution in [-0.4, -0.2) is 12.1 Å². The van der Waals surface area contributed by atoms with Gasteiger partial charge in [0, 0.05) is 11.5 Å². The van der Waals surface area contributed by atoms with Crippen LogP contribution in [0.5, 0.6) is 5.75 Å². The van der Waals surface area contributed by atoms with Crippen LogP contribution in [0.25, 0.3) is 20.3 Å². The summed E-state index contributed by atoms with van der Waals surface area (Å²) in [5.74, 6) is 0.916. The summed E-state index contributed by atoms with van der Waals surface area (Å²) in [6, 6.07) is 4.10. The Morgan fingerprint density at radius 3 is 3.07 bits per heavy atom. The Hall–Kier alpha value is -1.13. The van der Waals surface area contributed by atoms with Gasteiger partial charge in [-0.1, -0.05) is 0 Å². The van der Waals surface area contributed by atoms with Gasteiger partial charge in [0.25, 0.3) is 0 Å². The number of methoxy groups -OCH3 is 1. The SMILES string of the molecule is COc1cc2ncsc2c2sccc12. The van der Waals surface area contributed by atoms with Gasteiger partial charge in [0.15, 0.2) is 0 Å². The van der Waals surface area contributed by atoms with Crippen LogP contribution in [0.4, 0.5) is 0 Å². The molecule has 0 saturated carbocycles. The second-order valence-corrected chi connectivity index (χ2v) is 4.71. The van der Waals surface area contributed by atoms with E-state index in [9.17, 15) is 0 Å². The fourth-order valence-electron chi connectivity index (χ4n) is 1.58. The van der Waals surface area contributed by atoms with Crippen LogP contribution in [0.15, 0.2) is 23.0 Å². The molecule has 0 radical (unpaired) electrons. The molecule has 0 bridgehead atoms. The van der Waals surface area contributed by atoms with Crippen molar-refractivity contribution in [3.8, 4) is 5.75 Å². The number of thiophene rings is 1. The highest BCUT2D eigenvalue weighted by molar-refractivity contribution is 7.25. The molecule has 3 rings (SSSR count). The average molecular weight is 221 g/mol. The second kappa shape index (κ2) is 2.93. The Kier molecular flexibility index (Phi) is 1.72. The summed E-state index contributed by atoms with van der Waals surface area (Å²) in [4.78, 5) is 4.30. The van der Waals surface area contributed by atoms with E-state index in [1.165, 1.54) is 14.8 Å². The van der Waals surface area contributed by atoms with Crippen molar-refractivity contribution in [1.82, 2.24) is 4.98 Å². The predicted molar refractivity (Wildman–Crippen MR) is 61.6 cm³/mol. The molecule has 0 saturated heterocycles. The van der Waals surface area contributed by atoms with E-state index in [1.54, 1.807) is 29.8 Å². The molecule has 70 valence electrons. The molecule has 1 aromatic carbocycles. The highest BCUT2D eigenvalue weighted by atomic mass is 32.1. The lowest BCUT2D eigenvalue weighted by Crippen LogP contribution is -1.82. The normalized spacial score (nSPS) is 11.2. The van der Waals surface area contributed by atoms with Crippen molar-refractivity contribution in [2.75, 3.05) is 7.11 Å². The zero-order valence-corrected chi connectivity index (χ0v) is 9.11. The van der Waals surface area contributed by atoms with Crippen LogP contribution >= 0.6 is 22.7 Å². The van der Waals surface area contributed by atoms with Gasteiger partial charge in [0.2, 0.25) is 0 Å². The van der Waals surface area contributed by atoms with Crippen molar-refractivity contribution in [3.63, 3.8) is 0 Å². The van der Waals surface area contributed by atoms with E-state index in [4.69, 9.17) is 4.74 Å². The zero-order valence-electron chi connectivity index (χ0n) is 7.48. The highest BCUT2D eigenvalue weighted by Gasteiger charge is 2.09. The zero-order chi connectivity index (χ0) is 9.54. The maximum Gasteiger partial charge on any atom is 0.129 e. The van der Waals surface area contributed by atoms with E-state index >= 15 is 0 Å². The summed E-state index contributed by atoms with van der Waals surface area (Å²) in [6.45, 7) is 0. The quantitative estimate of drug-likeness (QED) is 0.627. The molecule has 0 aliphatic heterocycles. The molecule has 4 heteroatoms. The second-order valence-electron chi connectivity index (χ2n) is 2.94. The molecule has 2 aromatic heterocycles. The van der Waals surface area contributed by atoms with Gasteiger partial charge < -0.3 is 4.74 Å². The molecule has 0 N–H and O–H groups in total. The van der Waals surface area contributed by atoms with Crippen molar-refractivity contribution in [2.45, 2.75) is 0 Å². The lowest BCUT2D eigenvalue weighted by atomic mass is 10.2. The number of ether oxygens (including phenoxy) is 1. The topological polar surface area (TPSA) is 22.1 Å². The number of aromatic nitrogens is 1. The van der Waals surface area contributed by atoms with Crippen LogP contribution in [0.2, 0.25) is 0 Å². The lowest BCUT2D eigenvalue weighted by molar-refractivity contribution is 0.420. The first kappa shape index (κ1) is 8.20. The number of fused-ring (bicyclic) bond motifs is 3. The first-order chi connectivity index (χ1) is 6.90. The molecule has 0 aliphatic carbocycles. The van der Waals surface area contributed by atoms with Crippen LogP contribution in [0.3, 0.4) is 0 Å². The van der Waals surface area contributed by atoms with Crippen LogP contribution < -0.4 is 4.74 Å². The van der Waals surface area contributed by atoms with Crippen molar-refractivity contribution in [2.24, 2.45) is 0 Å². The minimum absolute atomic E-state index is 0.916. The summed E-state index contributed by atoms with van der Waals surface area (Å²) < 4.78 is 7.87. The Labute approximate surface area is 88.8 Å². The monoisotopic (exact) mass is 221 g/mol. The third-order valence-corrected chi connectivity index (χ3v) is 4.14. The Morgan fingerprint density at radius 1 is 1.29 bits per heavy atom. The van der Waals surface area contributed by atoms with Crippen molar-refractivity contribution in [1.29, 1.82) is 0 Å². The van der Waals surface area contributed by atoms with Crippen molar-refractivity contribution >= 4 is 43.0 Å². The summed E-state index contributed by atoms with van der Waals surface area (Å²) >= 11 is 3.43. The average Bonchev–Trinajstić information content (AvgIpc) is 2.83. The van der Waals surface area contributed by atoms with Gasteiger partial charge in [-0.25, -0.2) is 4.98 Å². The Morgan fingerprint density at radius 2 is 2.21 bits per heavy atom. The first-order valence-electron chi connectivity index (χ1n) is 4.17. The van der Waals surface area contributed by atoms with E-state index in [0.717, 1.165) is 11.3 Å². The summed E-state index contributed by atoms with van der Waals surface area (Å²) in [5, 5.41) is 3.28. The molecule has 0 aliphatic rings. The van der Waals surface area contributed by atoms with E-state index in [1.807, 2.05) is 11.6 Å². The van der Waals surface area contributed by atoms with E-state index < -0.39 is 0 Å². The number of hydrogen-bond donors (Lipinski definition) is 0. The molecule has 2 heterocycles. The number of benzene rings is 1. The van der Waals surface area contributed by atoms with E-state index in [0.29, 0.717) is 0 Å². The maximum absolute atomic E-state index is 5.33. The Bertz CT molecular complexity index is 596. The smallest absolute Gasteiger partial charge is 0.129 e. The van der Waals surface area contributed by atoms with Crippen molar-refractivity contribution in [3.05, 3.63) is 23.0 Å². The van der Waals surface area contributed by atoms with Gasteiger partial charge in [-0.15, -0.1) is 22.7 Å². The van der Waals surface area contributed by atoms with Crippen LogP contribution in [-0.2, 0) is 0 Å². The molecular formula is C10H7NOS2. The largest absolute Gasteiger partial charge is 0.496 e. The molecule has 14 heavy (non-hydrogen) atoms. The fraction of sp³-hybridized carbons (Fsp3) is 0.100. The van der Waals surface area contributed by atoms with Gasteiger partial charge in [0.05, 0.1) is 27.5 Å². The van der Waals surface area contributed by atoms with Crippen LogP contribution in [0, 0.1) is 0 Å². The van der Waals surface area contributed by atoms with Gasteiger partial charge in [-0.05, 0) is 11.4 Å². The van der Waals surface area contributed by atoms with Crippen LogP contribution in [0.1, 0.15) is 0 Å². The lowest BCUT2D eigenvalue weighted by Gasteiger charge is -2.01. The molecule has 0 amide bonds. The fourth-order valence-corrected chi connectivity index (χ4v) is 3.43. The number of hydrogen-bond acceptors (Lipinski definition) is 4. The van der Waals surface area contributed by atoms with Gasteiger partial charge in [-0.2, -0.15) is 0 Å². The molecule has 0 spiro atoms. The minimum Gasteiger partial charge on any atom is -0.496 e. The predicted octanol–water partition coefficient (Wildman–Crippen LogP) is 3.52. The highest BCUT2D eigenvalue weighted by Crippen LogP contribution is 2.37. The molecular weight excluding hydrogens is 214 g/mol.